The van der Waals surface area contributed by atoms with Crippen molar-refractivity contribution in [1.82, 2.24) is 0 Å². The minimum absolute atomic E-state index is 0.118. The molecular weight excluding hydrogens is 172 g/mol. The van der Waals surface area contributed by atoms with E-state index in [2.05, 4.69) is 0 Å². The third-order valence-corrected chi connectivity index (χ3v) is 2.77. The normalized spacial score (nSPS) is 13.8. The van der Waals surface area contributed by atoms with Gasteiger partial charge in [-0.1, -0.05) is 27.2 Å². The van der Waals surface area contributed by atoms with Gasteiger partial charge in [-0.05, 0) is 12.3 Å². The van der Waals surface area contributed by atoms with E-state index in [1.165, 1.54) is 0 Å². The van der Waals surface area contributed by atoms with Crippen molar-refractivity contribution in [3.05, 3.63) is 0 Å². The largest absolute Gasteiger partial charge is 0.480 e. The highest BCUT2D eigenvalue weighted by atomic mass is 16.4. The van der Waals surface area contributed by atoms with Gasteiger partial charge in [-0.25, -0.2) is 0 Å². The molecule has 2 N–H and O–H groups in total. The summed E-state index contributed by atoms with van der Waals surface area (Å²) >= 11 is 0. The average Bonchev–Trinajstić information content (AvgIpc) is 2.04. The third kappa shape index (κ3) is 1.82. The Hall–Kier alpha value is -1.06. The Morgan fingerprint density at radius 2 is 1.62 bits per heavy atom. The van der Waals surface area contributed by atoms with Gasteiger partial charge in [0.05, 0.1) is 0 Å². The van der Waals surface area contributed by atoms with Crippen LogP contribution in [0, 0.1) is 11.3 Å². The van der Waals surface area contributed by atoms with Crippen LogP contribution in [0.5, 0.6) is 0 Å². The summed E-state index contributed by atoms with van der Waals surface area (Å²) in [6, 6.07) is 0. The van der Waals surface area contributed by atoms with Crippen molar-refractivity contribution in [2.45, 2.75) is 33.6 Å². The third-order valence-electron chi connectivity index (χ3n) is 2.77. The minimum Gasteiger partial charge on any atom is -0.480 e. The van der Waals surface area contributed by atoms with Gasteiger partial charge in [0.15, 0.2) is 5.41 Å². The fraction of sp³-hybridized carbons (Fsp3) is 0.778. The molecule has 0 amide bonds. The quantitative estimate of drug-likeness (QED) is 0.642. The summed E-state index contributed by atoms with van der Waals surface area (Å²) in [4.78, 5) is 21.8. The predicted molar refractivity (Wildman–Crippen MR) is 47.5 cm³/mol. The van der Waals surface area contributed by atoms with E-state index in [4.69, 9.17) is 10.2 Å². The molecular formula is C9H16O4. The van der Waals surface area contributed by atoms with Crippen LogP contribution < -0.4 is 0 Å². The van der Waals surface area contributed by atoms with Gasteiger partial charge in [0.2, 0.25) is 0 Å². The van der Waals surface area contributed by atoms with Gasteiger partial charge in [0, 0.05) is 0 Å². The van der Waals surface area contributed by atoms with E-state index in [0.29, 0.717) is 6.42 Å². The first kappa shape index (κ1) is 11.9. The van der Waals surface area contributed by atoms with Crippen molar-refractivity contribution in [1.29, 1.82) is 0 Å². The average molecular weight is 188 g/mol. The number of aliphatic carboxylic acids is 2. The van der Waals surface area contributed by atoms with Crippen LogP contribution in [0.2, 0.25) is 0 Å². The lowest BCUT2D eigenvalue weighted by Crippen LogP contribution is -2.44. The molecule has 13 heavy (non-hydrogen) atoms. The number of hydrogen-bond donors (Lipinski definition) is 2. The van der Waals surface area contributed by atoms with Gasteiger partial charge in [0.25, 0.3) is 0 Å². The van der Waals surface area contributed by atoms with E-state index >= 15 is 0 Å². The van der Waals surface area contributed by atoms with Crippen LogP contribution in [-0.4, -0.2) is 22.2 Å². The Labute approximate surface area is 77.6 Å². The summed E-state index contributed by atoms with van der Waals surface area (Å²) in [5, 5.41) is 17.8. The van der Waals surface area contributed by atoms with Gasteiger partial charge in [-0.3, -0.25) is 9.59 Å². The Bertz CT molecular complexity index is 196. The summed E-state index contributed by atoms with van der Waals surface area (Å²) < 4.78 is 0. The Morgan fingerprint density at radius 3 is 1.69 bits per heavy atom. The smallest absolute Gasteiger partial charge is 0.321 e. The van der Waals surface area contributed by atoms with E-state index < -0.39 is 17.4 Å². The molecule has 0 heterocycles. The fourth-order valence-corrected chi connectivity index (χ4v) is 1.51. The molecule has 76 valence electrons. The first-order valence-electron chi connectivity index (χ1n) is 4.40. The second-order valence-corrected chi connectivity index (χ2v) is 3.24. The zero-order chi connectivity index (χ0) is 10.6. The van der Waals surface area contributed by atoms with E-state index in [9.17, 15) is 9.59 Å². The molecule has 0 aromatic rings. The van der Waals surface area contributed by atoms with Crippen LogP contribution >= 0.6 is 0 Å². The summed E-state index contributed by atoms with van der Waals surface area (Å²) in [5.41, 5.74) is -1.62. The molecule has 0 saturated heterocycles. The number of carboxylic acid groups (broad SMARTS) is 2. The van der Waals surface area contributed by atoms with Crippen LogP contribution in [0.25, 0.3) is 0 Å². The van der Waals surface area contributed by atoms with Crippen LogP contribution in [0.1, 0.15) is 33.6 Å². The summed E-state index contributed by atoms with van der Waals surface area (Å²) in [6.07, 6.45) is 0.666. The molecule has 0 rings (SSSR count). The monoisotopic (exact) mass is 188 g/mol. The van der Waals surface area contributed by atoms with Crippen molar-refractivity contribution in [3.8, 4) is 0 Å². The molecule has 0 radical (unpaired) electrons. The minimum atomic E-state index is -1.62. The molecule has 4 nitrogen and oxygen atoms in total. The number of rotatable bonds is 5. The van der Waals surface area contributed by atoms with E-state index in [1.807, 2.05) is 0 Å². The summed E-state index contributed by atoms with van der Waals surface area (Å²) in [6.45, 7) is 5.04. The number of carboxylic acids is 2. The van der Waals surface area contributed by atoms with Crippen LogP contribution in [0.4, 0.5) is 0 Å². The highest BCUT2D eigenvalue weighted by Gasteiger charge is 2.48. The zero-order valence-corrected chi connectivity index (χ0v) is 8.20. The highest BCUT2D eigenvalue weighted by molar-refractivity contribution is 5.98. The maximum atomic E-state index is 10.9. The lowest BCUT2D eigenvalue weighted by Gasteiger charge is -2.29. The molecule has 4 heteroatoms. The van der Waals surface area contributed by atoms with E-state index in [-0.39, 0.29) is 12.3 Å². The van der Waals surface area contributed by atoms with Crippen molar-refractivity contribution in [3.63, 3.8) is 0 Å². The molecule has 1 atom stereocenters. The standard InChI is InChI=1S/C9H16O4/c1-4-6(3)9(5-2,7(10)11)8(12)13/h6H,4-5H2,1-3H3,(H,10,11)(H,12,13). The second kappa shape index (κ2) is 4.25. The molecule has 1 unspecified atom stereocenters. The second-order valence-electron chi connectivity index (χ2n) is 3.24. The molecule has 0 aliphatic rings. The molecule has 0 aliphatic carbocycles. The van der Waals surface area contributed by atoms with Crippen LogP contribution in [0.15, 0.2) is 0 Å². The fourth-order valence-electron chi connectivity index (χ4n) is 1.51. The topological polar surface area (TPSA) is 74.6 Å². The van der Waals surface area contributed by atoms with Crippen LogP contribution in [0.3, 0.4) is 0 Å². The maximum Gasteiger partial charge on any atom is 0.321 e. The first-order chi connectivity index (χ1) is 5.93. The van der Waals surface area contributed by atoms with Crippen molar-refractivity contribution < 1.29 is 19.8 Å². The summed E-state index contributed by atoms with van der Waals surface area (Å²) in [7, 11) is 0. The van der Waals surface area contributed by atoms with E-state index in [0.717, 1.165) is 0 Å². The van der Waals surface area contributed by atoms with E-state index in [1.54, 1.807) is 20.8 Å². The molecule has 0 bridgehead atoms. The lowest BCUT2D eigenvalue weighted by atomic mass is 9.73. The molecule has 0 aliphatic heterocycles. The Balaban J connectivity index is 5.10. The highest BCUT2D eigenvalue weighted by Crippen LogP contribution is 2.34. The first-order valence-corrected chi connectivity index (χ1v) is 4.40. The number of hydrogen-bond acceptors (Lipinski definition) is 2. The number of carbonyl (C=O) groups is 2. The Morgan fingerprint density at radius 1 is 1.23 bits per heavy atom. The summed E-state index contributed by atoms with van der Waals surface area (Å²) in [5.74, 6) is -2.83. The van der Waals surface area contributed by atoms with Crippen molar-refractivity contribution >= 4 is 11.9 Å². The molecule has 0 aromatic heterocycles. The van der Waals surface area contributed by atoms with Crippen molar-refractivity contribution in [2.24, 2.45) is 11.3 Å². The van der Waals surface area contributed by atoms with Crippen molar-refractivity contribution in [2.75, 3.05) is 0 Å². The van der Waals surface area contributed by atoms with Gasteiger partial charge in [0.1, 0.15) is 0 Å². The molecule has 0 fully saturated rings. The van der Waals surface area contributed by atoms with Gasteiger partial charge in [-0.15, -0.1) is 0 Å². The zero-order valence-electron chi connectivity index (χ0n) is 8.20. The van der Waals surface area contributed by atoms with Crippen LogP contribution in [-0.2, 0) is 9.59 Å². The predicted octanol–water partition coefficient (Wildman–Crippen LogP) is 1.60. The van der Waals surface area contributed by atoms with Gasteiger partial charge in [-0.2, -0.15) is 0 Å². The maximum absolute atomic E-state index is 10.9. The van der Waals surface area contributed by atoms with Gasteiger partial charge < -0.3 is 10.2 Å². The van der Waals surface area contributed by atoms with Gasteiger partial charge >= 0.3 is 11.9 Å². The SMILES string of the molecule is CCC(C)C(CC)(C(=O)O)C(=O)O. The lowest BCUT2D eigenvalue weighted by molar-refractivity contribution is -0.169. The molecule has 0 saturated carbocycles. The Kier molecular flexibility index (Phi) is 3.91. The molecule has 0 spiro atoms. The molecule has 0 aromatic carbocycles.